The number of ketones is 2. The SMILES string of the molecule is C=Cc1ccc(C(=O)C(=O)c2ccccc2)cc1.Cl. The summed E-state index contributed by atoms with van der Waals surface area (Å²) in [5.74, 6) is -0.973. The third-order valence-corrected chi connectivity index (χ3v) is 2.65. The molecule has 0 saturated heterocycles. The summed E-state index contributed by atoms with van der Waals surface area (Å²) in [6.07, 6.45) is 1.69. The van der Waals surface area contributed by atoms with Crippen molar-refractivity contribution >= 4 is 30.0 Å². The van der Waals surface area contributed by atoms with E-state index in [9.17, 15) is 9.59 Å². The summed E-state index contributed by atoms with van der Waals surface area (Å²) in [6, 6.07) is 15.4. The smallest absolute Gasteiger partial charge is 0.233 e. The third-order valence-electron chi connectivity index (χ3n) is 2.65. The summed E-state index contributed by atoms with van der Waals surface area (Å²) < 4.78 is 0. The van der Waals surface area contributed by atoms with Gasteiger partial charge in [0.05, 0.1) is 0 Å². The molecule has 0 bridgehead atoms. The first-order valence-electron chi connectivity index (χ1n) is 5.59. The molecule has 2 rings (SSSR count). The standard InChI is InChI=1S/C16H12O2.ClH/c1-2-12-8-10-14(11-9-12)16(18)15(17)13-6-4-3-5-7-13;/h2-11H,1H2;1H. The van der Waals surface area contributed by atoms with Gasteiger partial charge in [0.15, 0.2) is 0 Å². The molecule has 0 atom stereocenters. The molecule has 0 aromatic heterocycles. The molecule has 96 valence electrons. The molecular formula is C16H13ClO2. The summed E-state index contributed by atoms with van der Waals surface area (Å²) in [5.41, 5.74) is 1.73. The molecular weight excluding hydrogens is 260 g/mol. The van der Waals surface area contributed by atoms with Crippen LogP contribution in [-0.4, -0.2) is 11.6 Å². The van der Waals surface area contributed by atoms with Gasteiger partial charge in [0, 0.05) is 11.1 Å². The van der Waals surface area contributed by atoms with Gasteiger partial charge in [-0.15, -0.1) is 12.4 Å². The lowest BCUT2D eigenvalue weighted by molar-refractivity contribution is 0.0817. The lowest BCUT2D eigenvalue weighted by atomic mass is 10.0. The average molecular weight is 273 g/mol. The molecule has 0 radical (unpaired) electrons. The van der Waals surface area contributed by atoms with E-state index in [0.717, 1.165) is 5.56 Å². The van der Waals surface area contributed by atoms with E-state index in [1.807, 2.05) is 0 Å². The molecule has 19 heavy (non-hydrogen) atoms. The first kappa shape index (κ1) is 14.9. The fourth-order valence-corrected chi connectivity index (χ4v) is 1.62. The second-order valence-corrected chi connectivity index (χ2v) is 3.85. The van der Waals surface area contributed by atoms with Crippen molar-refractivity contribution in [2.45, 2.75) is 0 Å². The van der Waals surface area contributed by atoms with Crippen molar-refractivity contribution in [2.24, 2.45) is 0 Å². The zero-order chi connectivity index (χ0) is 13.0. The lowest BCUT2D eigenvalue weighted by Gasteiger charge is -2.01. The predicted molar refractivity (Wildman–Crippen MR) is 78.9 cm³/mol. The molecule has 2 aromatic carbocycles. The van der Waals surface area contributed by atoms with Gasteiger partial charge in [-0.25, -0.2) is 0 Å². The maximum Gasteiger partial charge on any atom is 0.233 e. The number of benzene rings is 2. The highest BCUT2D eigenvalue weighted by Crippen LogP contribution is 2.10. The number of carbonyl (C=O) groups excluding carboxylic acids is 2. The van der Waals surface area contributed by atoms with E-state index in [1.165, 1.54) is 0 Å². The number of carbonyl (C=O) groups is 2. The molecule has 0 saturated carbocycles. The van der Waals surface area contributed by atoms with Crippen LogP contribution in [0.4, 0.5) is 0 Å². The number of rotatable bonds is 4. The van der Waals surface area contributed by atoms with Gasteiger partial charge >= 0.3 is 0 Å². The average Bonchev–Trinajstić information content (AvgIpc) is 2.47. The largest absolute Gasteiger partial charge is 0.285 e. The molecule has 0 spiro atoms. The minimum atomic E-state index is -0.489. The van der Waals surface area contributed by atoms with Crippen LogP contribution < -0.4 is 0 Å². The molecule has 0 aliphatic rings. The first-order valence-corrected chi connectivity index (χ1v) is 5.59. The highest BCUT2D eigenvalue weighted by atomic mass is 35.5. The Kier molecular flexibility index (Phi) is 5.22. The van der Waals surface area contributed by atoms with E-state index >= 15 is 0 Å². The van der Waals surface area contributed by atoms with Crippen molar-refractivity contribution in [3.8, 4) is 0 Å². The Morgan fingerprint density at radius 1 is 0.789 bits per heavy atom. The fraction of sp³-hybridized carbons (Fsp3) is 0. The molecule has 2 aromatic rings. The van der Waals surface area contributed by atoms with E-state index in [1.54, 1.807) is 60.7 Å². The maximum atomic E-state index is 12.0. The zero-order valence-corrected chi connectivity index (χ0v) is 11.0. The van der Waals surface area contributed by atoms with Gasteiger partial charge in [-0.2, -0.15) is 0 Å². The maximum absolute atomic E-state index is 12.0. The lowest BCUT2D eigenvalue weighted by Crippen LogP contribution is -2.14. The molecule has 0 heterocycles. The Labute approximate surface area is 118 Å². The van der Waals surface area contributed by atoms with E-state index in [2.05, 4.69) is 6.58 Å². The molecule has 2 nitrogen and oxygen atoms in total. The Morgan fingerprint density at radius 3 is 1.74 bits per heavy atom. The predicted octanol–water partition coefficient (Wildman–Crippen LogP) is 3.82. The van der Waals surface area contributed by atoms with Gasteiger partial charge in [-0.05, 0) is 5.56 Å². The van der Waals surface area contributed by atoms with E-state index in [0.29, 0.717) is 11.1 Å². The van der Waals surface area contributed by atoms with Gasteiger partial charge in [0.2, 0.25) is 11.6 Å². The monoisotopic (exact) mass is 272 g/mol. The van der Waals surface area contributed by atoms with Crippen molar-refractivity contribution in [2.75, 3.05) is 0 Å². The van der Waals surface area contributed by atoms with Crippen LogP contribution in [0.1, 0.15) is 26.3 Å². The van der Waals surface area contributed by atoms with Crippen LogP contribution in [0, 0.1) is 0 Å². The minimum Gasteiger partial charge on any atom is -0.285 e. The van der Waals surface area contributed by atoms with E-state index < -0.39 is 11.6 Å². The Morgan fingerprint density at radius 2 is 1.26 bits per heavy atom. The molecule has 0 amide bonds. The second-order valence-electron chi connectivity index (χ2n) is 3.85. The van der Waals surface area contributed by atoms with Crippen LogP contribution in [-0.2, 0) is 0 Å². The zero-order valence-electron chi connectivity index (χ0n) is 10.2. The van der Waals surface area contributed by atoms with Gasteiger partial charge < -0.3 is 0 Å². The quantitative estimate of drug-likeness (QED) is 0.626. The van der Waals surface area contributed by atoms with Crippen LogP contribution >= 0.6 is 12.4 Å². The normalized spacial score (nSPS) is 9.26. The highest BCUT2D eigenvalue weighted by Gasteiger charge is 2.17. The number of hydrogen-bond acceptors (Lipinski definition) is 2. The van der Waals surface area contributed by atoms with Gasteiger partial charge in [0.1, 0.15) is 0 Å². The van der Waals surface area contributed by atoms with Crippen LogP contribution in [0.5, 0.6) is 0 Å². The minimum absolute atomic E-state index is 0. The Hall–Kier alpha value is -2.19. The van der Waals surface area contributed by atoms with Gasteiger partial charge in [-0.3, -0.25) is 9.59 Å². The van der Waals surface area contributed by atoms with Crippen LogP contribution in [0.25, 0.3) is 6.08 Å². The van der Waals surface area contributed by atoms with Gasteiger partial charge in [-0.1, -0.05) is 67.3 Å². The van der Waals surface area contributed by atoms with Crippen molar-refractivity contribution in [3.05, 3.63) is 77.9 Å². The van der Waals surface area contributed by atoms with E-state index in [-0.39, 0.29) is 12.4 Å². The molecule has 0 unspecified atom stereocenters. The summed E-state index contributed by atoms with van der Waals surface area (Å²) in [5, 5.41) is 0. The number of Topliss-reactive ketones (excluding diaryl/α,β-unsaturated/α-hetero) is 2. The summed E-state index contributed by atoms with van der Waals surface area (Å²) in [6.45, 7) is 3.64. The summed E-state index contributed by atoms with van der Waals surface area (Å²) in [4.78, 5) is 23.9. The molecule has 3 heteroatoms. The van der Waals surface area contributed by atoms with Crippen molar-refractivity contribution in [3.63, 3.8) is 0 Å². The summed E-state index contributed by atoms with van der Waals surface area (Å²) >= 11 is 0. The van der Waals surface area contributed by atoms with Crippen LogP contribution in [0.2, 0.25) is 0 Å². The van der Waals surface area contributed by atoms with Crippen LogP contribution in [0.15, 0.2) is 61.2 Å². The molecule has 0 fully saturated rings. The second kappa shape index (κ2) is 6.66. The summed E-state index contributed by atoms with van der Waals surface area (Å²) in [7, 11) is 0. The van der Waals surface area contributed by atoms with E-state index in [4.69, 9.17) is 0 Å². The fourth-order valence-electron chi connectivity index (χ4n) is 1.62. The third kappa shape index (κ3) is 3.39. The molecule has 0 aliphatic carbocycles. The van der Waals surface area contributed by atoms with Crippen molar-refractivity contribution in [1.82, 2.24) is 0 Å². The van der Waals surface area contributed by atoms with Crippen molar-refractivity contribution in [1.29, 1.82) is 0 Å². The highest BCUT2D eigenvalue weighted by molar-refractivity contribution is 6.49. The number of hydrogen-bond donors (Lipinski definition) is 0. The first-order chi connectivity index (χ1) is 8.72. The number of halogens is 1. The Bertz CT molecular complexity index is 586. The topological polar surface area (TPSA) is 34.1 Å². The van der Waals surface area contributed by atoms with Crippen molar-refractivity contribution < 1.29 is 9.59 Å². The molecule has 0 aliphatic heterocycles. The van der Waals surface area contributed by atoms with Crippen LogP contribution in [0.3, 0.4) is 0 Å². The van der Waals surface area contributed by atoms with Gasteiger partial charge in [0.25, 0.3) is 0 Å². The Balaban J connectivity index is 0.00000180. The molecule has 0 N–H and O–H groups in total.